The van der Waals surface area contributed by atoms with Crippen molar-refractivity contribution in [3.63, 3.8) is 0 Å². The molecule has 0 bridgehead atoms. The SMILES string of the molecule is COc1ccc2cc(S(=O)(=O)N[C@H](CC(=O)N[C@@](Cc3ccc(CN4[C@H](C)CCC[C@@H]4C)cc3)(C(=O)N(C)C(C)C)C(c3ccc(CN4[C@H](C)CCC[C@@H]4C)cc3)[C@@H](NC(=O)C[C@@H](NS(=O)(=O)c3oc4ccccc4c3C)c3ccc4c(c3)OCO4)C(=O)N(C)C(C)C)c3cccc(F)c3)ccc2c1. The van der Waals surface area contributed by atoms with Crippen molar-refractivity contribution in [2.24, 2.45) is 0 Å². The number of benzene rings is 7. The van der Waals surface area contributed by atoms with E-state index in [0.29, 0.717) is 86.4 Å². The van der Waals surface area contributed by atoms with E-state index in [9.17, 15) is 16.8 Å². The van der Waals surface area contributed by atoms with Crippen molar-refractivity contribution in [2.75, 3.05) is 28.0 Å². The largest absolute Gasteiger partial charge is 0.497 e. The van der Waals surface area contributed by atoms with Crippen LogP contribution < -0.4 is 34.3 Å². The molecule has 23 heteroatoms. The van der Waals surface area contributed by atoms with Crippen LogP contribution in [-0.2, 0) is 58.7 Å². The molecule has 1 unspecified atom stereocenters. The lowest BCUT2D eigenvalue weighted by molar-refractivity contribution is -0.147. The summed E-state index contributed by atoms with van der Waals surface area (Å²) >= 11 is 0. The van der Waals surface area contributed by atoms with E-state index >= 15 is 23.6 Å². The number of nitrogens with one attached hydrogen (secondary N) is 4. The Labute approximate surface area is 611 Å². The summed E-state index contributed by atoms with van der Waals surface area (Å²) in [7, 11) is -4.46. The highest BCUT2D eigenvalue weighted by atomic mass is 32.2. The maximum absolute atomic E-state index is 17.1. The normalized spacial score (nSPS) is 19.1. The maximum atomic E-state index is 17.1. The molecule has 3 aliphatic rings. The molecule has 9 atom stereocenters. The van der Waals surface area contributed by atoms with Gasteiger partial charge in [0.15, 0.2) is 11.5 Å². The Morgan fingerprint density at radius 2 is 1.15 bits per heavy atom. The number of hydrogen-bond acceptors (Lipinski definition) is 14. The predicted molar refractivity (Wildman–Crippen MR) is 400 cm³/mol. The number of hydrogen-bond donors (Lipinski definition) is 4. The van der Waals surface area contributed by atoms with E-state index in [4.69, 9.17) is 18.6 Å². The number of aryl methyl sites for hydroxylation is 1. The van der Waals surface area contributed by atoms with Gasteiger partial charge in [0.1, 0.15) is 28.7 Å². The standard InChI is InChI=1S/C81H99FN8O12S2/c1-50(2)87(10)78(93)77(83-74(91)44-69(64-36-39-72-73(43-64)101-49-100-72)86-104(97,98)79-56(9)68-24-13-14-25-71(68)102-79)76(60-32-30-59(31-33-60)48-90-54(7)20-16-21-55(90)8)81(80(94)88(11)51(3)4,46-57-26-28-58(29-27-57)47-89-52(5)18-15-19-53(89)6)84-75(92)45-70(63-22-17-23-65(82)40-63)85-103(95,96)67-38-35-61-41-66(99-12)37-34-62(61)42-67/h13-14,17,22-43,50-55,69-70,76-77,85-86H,15-16,18-21,44-49H2,1-12H3,(H,83,91)(H,84,92)/t52-,53+,54-,55+,69-,70-,76?,77-,81-/m1/s1. The zero-order valence-electron chi connectivity index (χ0n) is 61.6. The molecule has 554 valence electrons. The van der Waals surface area contributed by atoms with Crippen LogP contribution in [0.15, 0.2) is 166 Å². The number of carbonyl (C=O) groups excluding carboxylic acids is 4. The van der Waals surface area contributed by atoms with Gasteiger partial charge in [0.25, 0.3) is 10.0 Å². The number of sulfonamides is 2. The van der Waals surface area contributed by atoms with Crippen LogP contribution in [0.2, 0.25) is 0 Å². The average Bonchev–Trinajstić information content (AvgIpc) is 0.796. The topological polar surface area (TPSA) is 238 Å². The molecule has 20 nitrogen and oxygen atoms in total. The van der Waals surface area contributed by atoms with Crippen molar-refractivity contribution in [2.45, 2.75) is 209 Å². The molecule has 4 N–H and O–H groups in total. The first-order valence-corrected chi connectivity index (χ1v) is 39.1. The van der Waals surface area contributed by atoms with Crippen LogP contribution in [0.3, 0.4) is 0 Å². The van der Waals surface area contributed by atoms with E-state index in [1.807, 2.05) is 62.4 Å². The van der Waals surface area contributed by atoms with Gasteiger partial charge in [-0.3, -0.25) is 29.0 Å². The minimum atomic E-state index is -4.61. The van der Waals surface area contributed by atoms with Crippen molar-refractivity contribution in [3.05, 3.63) is 196 Å². The average molecular weight is 1460 g/mol. The fraction of sp³-hybridized carbons (Fsp3) is 0.432. The highest BCUT2D eigenvalue weighted by molar-refractivity contribution is 7.89. The molecule has 0 aliphatic carbocycles. The van der Waals surface area contributed by atoms with Gasteiger partial charge in [-0.1, -0.05) is 110 Å². The number of halogens is 1. The van der Waals surface area contributed by atoms with Gasteiger partial charge in [-0.05, 0) is 187 Å². The van der Waals surface area contributed by atoms with Gasteiger partial charge < -0.3 is 39.1 Å². The smallest absolute Gasteiger partial charge is 0.274 e. The summed E-state index contributed by atoms with van der Waals surface area (Å²) in [5.74, 6) is -4.08. The zero-order chi connectivity index (χ0) is 74.5. The number of likely N-dealkylation sites (N-methyl/N-ethyl adjacent to an activating group) is 2. The lowest BCUT2D eigenvalue weighted by Crippen LogP contribution is -2.69. The summed E-state index contributed by atoms with van der Waals surface area (Å²) in [5, 5.41) is 7.86. The zero-order valence-corrected chi connectivity index (χ0v) is 63.2. The second-order valence-electron chi connectivity index (χ2n) is 29.2. The lowest BCUT2D eigenvalue weighted by Gasteiger charge is -2.47. The molecule has 4 heterocycles. The van der Waals surface area contributed by atoms with Crippen molar-refractivity contribution in [1.82, 2.24) is 39.7 Å². The number of ether oxygens (including phenoxy) is 3. The van der Waals surface area contributed by atoms with Crippen molar-refractivity contribution < 1.29 is 59.0 Å². The number of carbonyl (C=O) groups is 4. The third kappa shape index (κ3) is 17.1. The van der Waals surface area contributed by atoms with E-state index in [1.54, 1.807) is 102 Å². The number of methoxy groups -OCH3 is 1. The van der Waals surface area contributed by atoms with Gasteiger partial charge in [-0.2, -0.15) is 0 Å². The molecule has 4 amide bonds. The number of piperidine rings is 2. The number of likely N-dealkylation sites (tertiary alicyclic amines) is 2. The quantitative estimate of drug-likeness (QED) is 0.0357. The van der Waals surface area contributed by atoms with E-state index < -0.39 is 104 Å². The molecular weight excluding hydrogens is 1360 g/mol. The molecule has 11 rings (SSSR count). The number of nitrogens with zero attached hydrogens (tertiary/aromatic N) is 4. The molecule has 0 spiro atoms. The van der Waals surface area contributed by atoms with Crippen molar-refractivity contribution in [1.29, 1.82) is 0 Å². The van der Waals surface area contributed by atoms with Gasteiger partial charge in [-0.15, -0.1) is 0 Å². The molecule has 8 aromatic rings. The number of fused-ring (bicyclic) bond motifs is 3. The second kappa shape index (κ2) is 32.3. The molecule has 104 heavy (non-hydrogen) atoms. The first-order valence-electron chi connectivity index (χ1n) is 36.1. The van der Waals surface area contributed by atoms with Crippen molar-refractivity contribution in [3.8, 4) is 17.2 Å². The van der Waals surface area contributed by atoms with Crippen LogP contribution in [0, 0.1) is 12.7 Å². The first kappa shape index (κ1) is 76.4. The summed E-state index contributed by atoms with van der Waals surface area (Å²) in [6.45, 7) is 18.9. The first-order chi connectivity index (χ1) is 49.5. The summed E-state index contributed by atoms with van der Waals surface area (Å²) in [6, 6.07) is 37.5. The molecule has 2 fully saturated rings. The number of amides is 4. The molecule has 1 aromatic heterocycles. The van der Waals surface area contributed by atoms with Crippen LogP contribution in [0.5, 0.6) is 17.2 Å². The van der Waals surface area contributed by atoms with Gasteiger partial charge >= 0.3 is 0 Å². The van der Waals surface area contributed by atoms with Crippen LogP contribution in [-0.4, -0.2) is 136 Å². The molecule has 0 radical (unpaired) electrons. The minimum Gasteiger partial charge on any atom is -0.497 e. The molecule has 3 aliphatic heterocycles. The summed E-state index contributed by atoms with van der Waals surface area (Å²) in [5.41, 5.74) is 1.54. The number of rotatable bonds is 28. The molecule has 0 saturated carbocycles. The highest BCUT2D eigenvalue weighted by Crippen LogP contribution is 2.42. The predicted octanol–water partition coefficient (Wildman–Crippen LogP) is 12.9. The molecule has 7 aromatic carbocycles. The summed E-state index contributed by atoms with van der Waals surface area (Å²) < 4.78 is 104. The third-order valence-corrected chi connectivity index (χ3v) is 24.5. The van der Waals surface area contributed by atoms with Crippen LogP contribution in [0.1, 0.15) is 164 Å². The number of para-hydroxylation sites is 1. The minimum absolute atomic E-state index is 0.0879. The van der Waals surface area contributed by atoms with Gasteiger partial charge in [-0.25, -0.2) is 30.7 Å². The summed E-state index contributed by atoms with van der Waals surface area (Å²) in [6.07, 6.45) is 4.65. The Hall–Kier alpha value is -8.71. The highest BCUT2D eigenvalue weighted by Gasteiger charge is 2.55. The fourth-order valence-corrected chi connectivity index (χ4v) is 17.8. The van der Waals surface area contributed by atoms with Crippen LogP contribution >= 0.6 is 0 Å². The Kier molecular flexibility index (Phi) is 23.8. The molecular formula is C81H99FN8O12S2. The Balaban J connectivity index is 1.09. The maximum Gasteiger partial charge on any atom is 0.274 e. The second-order valence-corrected chi connectivity index (χ2v) is 32.6. The summed E-state index contributed by atoms with van der Waals surface area (Å²) in [4.78, 5) is 73.6. The fourth-order valence-electron chi connectivity index (χ4n) is 15.1. The lowest BCUT2D eigenvalue weighted by atomic mass is 9.69. The van der Waals surface area contributed by atoms with E-state index in [0.717, 1.165) is 55.7 Å². The number of furan rings is 1. The van der Waals surface area contributed by atoms with E-state index in [1.165, 1.54) is 47.2 Å². The van der Waals surface area contributed by atoms with Crippen LogP contribution in [0.25, 0.3) is 21.7 Å². The third-order valence-electron chi connectivity index (χ3n) is 21.5. The Morgan fingerprint density at radius 3 is 1.76 bits per heavy atom. The van der Waals surface area contributed by atoms with E-state index in [-0.39, 0.29) is 40.8 Å². The van der Waals surface area contributed by atoms with Crippen LogP contribution in [0.4, 0.5) is 4.39 Å². The van der Waals surface area contributed by atoms with Gasteiger partial charge in [0, 0.05) is 99.6 Å². The van der Waals surface area contributed by atoms with Gasteiger partial charge in [0.05, 0.1) is 24.1 Å². The monoisotopic (exact) mass is 1460 g/mol. The van der Waals surface area contributed by atoms with Crippen molar-refractivity contribution >= 4 is 65.4 Å². The Bertz CT molecular complexity index is 4630. The van der Waals surface area contributed by atoms with E-state index in [2.05, 4.69) is 57.6 Å². The Morgan fingerprint density at radius 1 is 0.606 bits per heavy atom. The van der Waals surface area contributed by atoms with Gasteiger partial charge in [0.2, 0.25) is 45.5 Å². The molecule has 2 saturated heterocycles.